The van der Waals surface area contributed by atoms with Gasteiger partial charge < -0.3 is 10.4 Å². The molecule has 0 saturated carbocycles. The Morgan fingerprint density at radius 2 is 2.04 bits per heavy atom. The number of amides is 1. The van der Waals surface area contributed by atoms with Crippen LogP contribution in [-0.4, -0.2) is 50.4 Å². The highest BCUT2D eigenvalue weighted by Gasteiger charge is 2.36. The highest BCUT2D eigenvalue weighted by atomic mass is 16.3. The van der Waals surface area contributed by atoms with E-state index in [0.717, 1.165) is 25.1 Å². The Hall–Kier alpha value is -1.40. The molecule has 0 radical (unpaired) electrons. The third-order valence-electron chi connectivity index (χ3n) is 4.44. The second-order valence-electron chi connectivity index (χ2n) is 8.12. The molecule has 0 spiro atoms. The smallest absolute Gasteiger partial charge is 0.239 e. The number of rotatable bonds is 4. The SMILES string of the molecule is Cn1nc(C(C)(C)C)cc1NC(=O)CN1CCCC1C(C)(C)O. The van der Waals surface area contributed by atoms with Gasteiger partial charge in [0.25, 0.3) is 0 Å². The van der Waals surface area contributed by atoms with Crippen LogP contribution >= 0.6 is 0 Å². The van der Waals surface area contributed by atoms with Crippen molar-refractivity contribution < 1.29 is 9.90 Å². The van der Waals surface area contributed by atoms with Crippen LogP contribution in [0, 0.1) is 0 Å². The molecule has 1 fully saturated rings. The first-order chi connectivity index (χ1) is 10.5. The molecule has 1 saturated heterocycles. The molecule has 6 heteroatoms. The largest absolute Gasteiger partial charge is 0.389 e. The predicted molar refractivity (Wildman–Crippen MR) is 91.4 cm³/mol. The molecule has 0 aromatic carbocycles. The molecule has 1 unspecified atom stereocenters. The molecular formula is C17H30N4O2. The minimum Gasteiger partial charge on any atom is -0.389 e. The van der Waals surface area contributed by atoms with Crippen LogP contribution in [0.4, 0.5) is 5.82 Å². The van der Waals surface area contributed by atoms with Crippen molar-refractivity contribution >= 4 is 11.7 Å². The molecule has 1 aromatic rings. The first-order valence-corrected chi connectivity index (χ1v) is 8.29. The number of nitrogens with zero attached hydrogens (tertiary/aromatic N) is 3. The molecule has 6 nitrogen and oxygen atoms in total. The Bertz CT molecular complexity index is 566. The Kier molecular flexibility index (Phi) is 4.87. The minimum absolute atomic E-state index is 0.0323. The second-order valence-corrected chi connectivity index (χ2v) is 8.12. The van der Waals surface area contributed by atoms with E-state index in [1.165, 1.54) is 0 Å². The first kappa shape index (κ1) is 17.9. The summed E-state index contributed by atoms with van der Waals surface area (Å²) in [4.78, 5) is 14.4. The fraction of sp³-hybridized carbons (Fsp3) is 0.765. The Balaban J connectivity index is 2.02. The van der Waals surface area contributed by atoms with Crippen LogP contribution in [0.1, 0.15) is 53.2 Å². The minimum atomic E-state index is -0.789. The average molecular weight is 322 g/mol. The number of likely N-dealkylation sites (tertiary alicyclic amines) is 1. The van der Waals surface area contributed by atoms with Gasteiger partial charge in [0.1, 0.15) is 5.82 Å². The summed E-state index contributed by atoms with van der Waals surface area (Å²) in [5.74, 6) is 0.642. The fourth-order valence-electron chi connectivity index (χ4n) is 3.13. The molecular weight excluding hydrogens is 292 g/mol. The molecule has 130 valence electrons. The predicted octanol–water partition coefficient (Wildman–Crippen LogP) is 1.89. The quantitative estimate of drug-likeness (QED) is 0.888. The van der Waals surface area contributed by atoms with Crippen LogP contribution in [0.3, 0.4) is 0 Å². The summed E-state index contributed by atoms with van der Waals surface area (Å²) in [6.07, 6.45) is 1.94. The summed E-state index contributed by atoms with van der Waals surface area (Å²) in [7, 11) is 1.83. The van der Waals surface area contributed by atoms with Gasteiger partial charge in [-0.1, -0.05) is 20.8 Å². The summed E-state index contributed by atoms with van der Waals surface area (Å²) in [5.41, 5.74) is 0.107. The number of carbonyl (C=O) groups excluding carboxylic acids is 1. The number of aryl methyl sites for hydroxylation is 1. The van der Waals surface area contributed by atoms with Gasteiger partial charge in [-0.05, 0) is 33.2 Å². The topological polar surface area (TPSA) is 70.4 Å². The zero-order valence-corrected chi connectivity index (χ0v) is 15.2. The van der Waals surface area contributed by atoms with Gasteiger partial charge >= 0.3 is 0 Å². The fourth-order valence-corrected chi connectivity index (χ4v) is 3.13. The summed E-state index contributed by atoms with van der Waals surface area (Å²) in [6, 6.07) is 1.96. The maximum Gasteiger partial charge on any atom is 0.239 e. The highest BCUT2D eigenvalue weighted by molar-refractivity contribution is 5.91. The molecule has 1 amide bonds. The lowest BCUT2D eigenvalue weighted by Gasteiger charge is -2.33. The van der Waals surface area contributed by atoms with Gasteiger partial charge in [-0.3, -0.25) is 14.4 Å². The van der Waals surface area contributed by atoms with Crippen molar-refractivity contribution in [3.05, 3.63) is 11.8 Å². The van der Waals surface area contributed by atoms with E-state index in [1.54, 1.807) is 4.68 Å². The van der Waals surface area contributed by atoms with Crippen molar-refractivity contribution in [1.82, 2.24) is 14.7 Å². The van der Waals surface area contributed by atoms with E-state index in [-0.39, 0.29) is 17.4 Å². The number of hydrogen-bond acceptors (Lipinski definition) is 4. The molecule has 2 heterocycles. The number of hydrogen-bond donors (Lipinski definition) is 2. The molecule has 2 N–H and O–H groups in total. The van der Waals surface area contributed by atoms with Crippen LogP contribution in [-0.2, 0) is 17.3 Å². The molecule has 1 aromatic heterocycles. The van der Waals surface area contributed by atoms with Crippen LogP contribution in [0.25, 0.3) is 0 Å². The Labute approximate surface area is 138 Å². The summed E-state index contributed by atoms with van der Waals surface area (Å²) >= 11 is 0. The van der Waals surface area contributed by atoms with Crippen molar-refractivity contribution in [3.63, 3.8) is 0 Å². The van der Waals surface area contributed by atoms with Gasteiger partial charge in [-0.25, -0.2) is 0 Å². The van der Waals surface area contributed by atoms with E-state index >= 15 is 0 Å². The normalized spacial score (nSPS) is 20.0. The maximum atomic E-state index is 12.4. The number of aromatic nitrogens is 2. The van der Waals surface area contributed by atoms with Gasteiger partial charge in [0.05, 0.1) is 17.8 Å². The van der Waals surface area contributed by atoms with Gasteiger partial charge in [0.2, 0.25) is 5.91 Å². The van der Waals surface area contributed by atoms with Crippen molar-refractivity contribution in [2.24, 2.45) is 7.05 Å². The zero-order chi connectivity index (χ0) is 17.4. The maximum absolute atomic E-state index is 12.4. The molecule has 23 heavy (non-hydrogen) atoms. The summed E-state index contributed by atoms with van der Waals surface area (Å²) in [5, 5.41) is 17.6. The van der Waals surface area contributed by atoms with Crippen molar-refractivity contribution in [2.75, 3.05) is 18.4 Å². The second kappa shape index (κ2) is 6.24. The highest BCUT2D eigenvalue weighted by Crippen LogP contribution is 2.27. The van der Waals surface area contributed by atoms with Crippen molar-refractivity contribution in [2.45, 2.75) is 64.5 Å². The Morgan fingerprint density at radius 3 is 2.57 bits per heavy atom. The zero-order valence-electron chi connectivity index (χ0n) is 15.2. The van der Waals surface area contributed by atoms with Gasteiger partial charge in [-0.2, -0.15) is 5.10 Å². The van der Waals surface area contributed by atoms with E-state index in [9.17, 15) is 9.90 Å². The number of carbonyl (C=O) groups is 1. The lowest BCUT2D eigenvalue weighted by Crippen LogP contribution is -2.48. The Morgan fingerprint density at radius 1 is 1.39 bits per heavy atom. The van der Waals surface area contributed by atoms with Crippen LogP contribution in [0.5, 0.6) is 0 Å². The molecule has 1 aliphatic rings. The standard InChI is InChI=1S/C17H30N4O2/c1-16(2,3)12-10-14(20(6)19-12)18-15(22)11-21-9-7-8-13(21)17(4,5)23/h10,13,23H,7-9,11H2,1-6H3,(H,18,22). The third-order valence-corrected chi connectivity index (χ3v) is 4.44. The lowest BCUT2D eigenvalue weighted by molar-refractivity contribution is -0.118. The lowest BCUT2D eigenvalue weighted by atomic mass is 9.92. The van der Waals surface area contributed by atoms with E-state index in [2.05, 4.69) is 36.1 Å². The molecule has 0 bridgehead atoms. The summed E-state index contributed by atoms with van der Waals surface area (Å²) in [6.45, 7) is 11.1. The van der Waals surface area contributed by atoms with E-state index in [0.29, 0.717) is 12.4 Å². The van der Waals surface area contributed by atoms with Gasteiger partial charge in [0, 0.05) is 24.6 Å². The first-order valence-electron chi connectivity index (χ1n) is 8.29. The van der Waals surface area contributed by atoms with Crippen LogP contribution in [0.15, 0.2) is 6.07 Å². The number of nitrogens with one attached hydrogen (secondary N) is 1. The van der Waals surface area contributed by atoms with Gasteiger partial charge in [-0.15, -0.1) is 0 Å². The van der Waals surface area contributed by atoms with Crippen LogP contribution < -0.4 is 5.32 Å². The summed E-state index contributed by atoms with van der Waals surface area (Å²) < 4.78 is 1.70. The van der Waals surface area contributed by atoms with E-state index < -0.39 is 5.60 Å². The molecule has 1 atom stereocenters. The third kappa shape index (κ3) is 4.32. The average Bonchev–Trinajstić information content (AvgIpc) is 2.96. The van der Waals surface area contributed by atoms with Crippen molar-refractivity contribution in [3.8, 4) is 0 Å². The van der Waals surface area contributed by atoms with Gasteiger partial charge in [0.15, 0.2) is 0 Å². The van der Waals surface area contributed by atoms with Crippen LogP contribution in [0.2, 0.25) is 0 Å². The molecule has 2 rings (SSSR count). The van der Waals surface area contributed by atoms with E-state index in [1.807, 2.05) is 27.0 Å². The van der Waals surface area contributed by atoms with E-state index in [4.69, 9.17) is 0 Å². The molecule has 0 aliphatic carbocycles. The molecule has 1 aliphatic heterocycles. The number of aliphatic hydroxyl groups is 1. The number of anilines is 1. The van der Waals surface area contributed by atoms with Crippen molar-refractivity contribution in [1.29, 1.82) is 0 Å². The monoisotopic (exact) mass is 322 g/mol.